The van der Waals surface area contributed by atoms with Crippen LogP contribution in [0.15, 0.2) is 4.99 Å². The molecular formula is C13H22IN3O2. The number of ether oxygens (including phenoxy) is 1. The maximum atomic E-state index is 11.6. The van der Waals surface area contributed by atoms with E-state index in [4.69, 9.17) is 11.2 Å². The number of hydrogen-bond acceptors (Lipinski definition) is 3. The summed E-state index contributed by atoms with van der Waals surface area (Å²) in [5.41, 5.74) is 0. The number of hydrogen-bond donors (Lipinski definition) is 1. The van der Waals surface area contributed by atoms with Crippen molar-refractivity contribution in [3.63, 3.8) is 0 Å². The fourth-order valence-electron chi connectivity index (χ4n) is 2.05. The molecule has 0 spiro atoms. The second-order valence-electron chi connectivity index (χ2n) is 4.12. The molecule has 0 aromatic carbocycles. The van der Waals surface area contributed by atoms with Crippen LogP contribution in [0.5, 0.6) is 0 Å². The summed E-state index contributed by atoms with van der Waals surface area (Å²) in [4.78, 5) is 17.9. The Morgan fingerprint density at radius 2 is 2.16 bits per heavy atom. The normalized spacial score (nSPS) is 16.3. The lowest BCUT2D eigenvalue weighted by Crippen LogP contribution is -2.46. The van der Waals surface area contributed by atoms with Crippen LogP contribution in [0.3, 0.4) is 0 Å². The molecule has 6 heteroatoms. The van der Waals surface area contributed by atoms with Crippen LogP contribution in [0.4, 0.5) is 0 Å². The van der Waals surface area contributed by atoms with E-state index >= 15 is 0 Å². The molecule has 1 N–H and O–H groups in total. The Morgan fingerprint density at radius 1 is 1.53 bits per heavy atom. The summed E-state index contributed by atoms with van der Waals surface area (Å²) in [6.07, 6.45) is 6.81. The standard InChI is InChI=1S/C13H21N3O2.HI/c1-4-8-15-13(14-3)16-9-6-11(7-10-16)12(17)18-5-2;/h1,11H,5-10H2,2-3H3,(H,14,15);1H. The molecule has 0 aromatic rings. The number of aliphatic imine (C=N–C) groups is 1. The predicted molar refractivity (Wildman–Crippen MR) is 86.5 cm³/mol. The Kier molecular flexibility index (Phi) is 9.39. The number of esters is 1. The molecule has 0 aliphatic carbocycles. The molecule has 1 aliphatic rings. The molecule has 19 heavy (non-hydrogen) atoms. The Labute approximate surface area is 132 Å². The number of terminal acetylenes is 1. The van der Waals surface area contributed by atoms with Gasteiger partial charge < -0.3 is 15.0 Å². The Morgan fingerprint density at radius 3 is 2.63 bits per heavy atom. The summed E-state index contributed by atoms with van der Waals surface area (Å²) in [7, 11) is 1.73. The van der Waals surface area contributed by atoms with Crippen molar-refractivity contribution in [1.29, 1.82) is 0 Å². The van der Waals surface area contributed by atoms with Gasteiger partial charge in [-0.15, -0.1) is 30.4 Å². The Hall–Kier alpha value is -0.970. The van der Waals surface area contributed by atoms with Crippen molar-refractivity contribution in [2.75, 3.05) is 33.3 Å². The lowest BCUT2D eigenvalue weighted by molar-refractivity contribution is -0.149. The Balaban J connectivity index is 0.00000324. The van der Waals surface area contributed by atoms with Gasteiger partial charge in [0.25, 0.3) is 0 Å². The molecule has 1 fully saturated rings. The van der Waals surface area contributed by atoms with E-state index in [2.05, 4.69) is 21.1 Å². The molecule has 0 bridgehead atoms. The summed E-state index contributed by atoms with van der Waals surface area (Å²) >= 11 is 0. The first-order valence-corrected chi connectivity index (χ1v) is 6.28. The van der Waals surface area contributed by atoms with Crippen molar-refractivity contribution in [3.8, 4) is 12.3 Å². The van der Waals surface area contributed by atoms with Crippen molar-refractivity contribution in [3.05, 3.63) is 0 Å². The van der Waals surface area contributed by atoms with Gasteiger partial charge in [-0.05, 0) is 19.8 Å². The average molecular weight is 379 g/mol. The Bertz CT molecular complexity index is 344. The zero-order chi connectivity index (χ0) is 13.4. The van der Waals surface area contributed by atoms with E-state index in [-0.39, 0.29) is 35.9 Å². The first-order valence-electron chi connectivity index (χ1n) is 6.28. The van der Waals surface area contributed by atoms with Gasteiger partial charge in [0.2, 0.25) is 0 Å². The third-order valence-electron chi connectivity index (χ3n) is 2.97. The summed E-state index contributed by atoms with van der Waals surface area (Å²) in [5.74, 6) is 3.26. The van der Waals surface area contributed by atoms with Crippen LogP contribution in [0.1, 0.15) is 19.8 Å². The van der Waals surface area contributed by atoms with Gasteiger partial charge >= 0.3 is 5.97 Å². The van der Waals surface area contributed by atoms with Gasteiger partial charge in [0.15, 0.2) is 5.96 Å². The minimum Gasteiger partial charge on any atom is -0.466 e. The molecule has 1 rings (SSSR count). The van der Waals surface area contributed by atoms with Crippen LogP contribution < -0.4 is 5.32 Å². The van der Waals surface area contributed by atoms with Crippen LogP contribution in [-0.2, 0) is 9.53 Å². The smallest absolute Gasteiger partial charge is 0.309 e. The van der Waals surface area contributed by atoms with Crippen molar-refractivity contribution in [1.82, 2.24) is 10.2 Å². The predicted octanol–water partition coefficient (Wildman–Crippen LogP) is 1.09. The molecule has 5 nitrogen and oxygen atoms in total. The number of guanidine groups is 1. The number of piperidine rings is 1. The number of likely N-dealkylation sites (tertiary alicyclic amines) is 1. The first-order chi connectivity index (χ1) is 8.72. The second-order valence-corrected chi connectivity index (χ2v) is 4.12. The van der Waals surface area contributed by atoms with Crippen molar-refractivity contribution < 1.29 is 9.53 Å². The highest BCUT2D eigenvalue weighted by Gasteiger charge is 2.27. The van der Waals surface area contributed by atoms with E-state index in [1.807, 2.05) is 6.92 Å². The fraction of sp³-hybridized carbons (Fsp3) is 0.692. The maximum Gasteiger partial charge on any atom is 0.309 e. The van der Waals surface area contributed by atoms with Crippen LogP contribution in [0.25, 0.3) is 0 Å². The minimum absolute atomic E-state index is 0. The van der Waals surface area contributed by atoms with Gasteiger partial charge in [-0.25, -0.2) is 0 Å². The fourth-order valence-corrected chi connectivity index (χ4v) is 2.05. The summed E-state index contributed by atoms with van der Waals surface area (Å²) in [6, 6.07) is 0. The van der Waals surface area contributed by atoms with Gasteiger partial charge in [-0.1, -0.05) is 5.92 Å². The zero-order valence-corrected chi connectivity index (χ0v) is 13.8. The average Bonchev–Trinajstić information content (AvgIpc) is 2.40. The topological polar surface area (TPSA) is 53.9 Å². The van der Waals surface area contributed by atoms with Gasteiger partial charge in [-0.3, -0.25) is 9.79 Å². The van der Waals surface area contributed by atoms with E-state index in [0.29, 0.717) is 13.2 Å². The van der Waals surface area contributed by atoms with E-state index in [9.17, 15) is 4.79 Å². The van der Waals surface area contributed by atoms with Crippen LogP contribution >= 0.6 is 24.0 Å². The number of rotatable bonds is 3. The van der Waals surface area contributed by atoms with Crippen LogP contribution in [-0.4, -0.2) is 50.1 Å². The van der Waals surface area contributed by atoms with Gasteiger partial charge in [0.1, 0.15) is 0 Å². The number of halogens is 1. The lowest BCUT2D eigenvalue weighted by atomic mass is 9.97. The molecule has 108 valence electrons. The number of carbonyl (C=O) groups excluding carboxylic acids is 1. The van der Waals surface area contributed by atoms with Crippen molar-refractivity contribution in [2.45, 2.75) is 19.8 Å². The SMILES string of the molecule is C#CCNC(=NC)N1CCC(C(=O)OCC)CC1.I. The van der Waals surface area contributed by atoms with E-state index in [1.165, 1.54) is 0 Å². The molecule has 0 aromatic heterocycles. The molecule has 0 radical (unpaired) electrons. The zero-order valence-electron chi connectivity index (χ0n) is 11.5. The molecule has 1 aliphatic heterocycles. The van der Waals surface area contributed by atoms with Crippen LogP contribution in [0.2, 0.25) is 0 Å². The van der Waals surface area contributed by atoms with Crippen molar-refractivity contribution >= 4 is 35.9 Å². The third-order valence-corrected chi connectivity index (χ3v) is 2.97. The molecule has 0 atom stereocenters. The number of nitrogens with one attached hydrogen (secondary N) is 1. The van der Waals surface area contributed by atoms with Gasteiger partial charge in [0.05, 0.1) is 19.1 Å². The first kappa shape index (κ1) is 18.0. The van der Waals surface area contributed by atoms with Crippen LogP contribution in [0, 0.1) is 18.3 Å². The van der Waals surface area contributed by atoms with Crippen molar-refractivity contribution in [2.24, 2.45) is 10.9 Å². The lowest BCUT2D eigenvalue weighted by Gasteiger charge is -2.33. The highest BCUT2D eigenvalue weighted by Crippen LogP contribution is 2.18. The largest absolute Gasteiger partial charge is 0.466 e. The highest BCUT2D eigenvalue weighted by atomic mass is 127. The number of carbonyl (C=O) groups is 1. The molecular weight excluding hydrogens is 357 g/mol. The molecule has 0 saturated carbocycles. The van der Waals surface area contributed by atoms with E-state index in [0.717, 1.165) is 31.9 Å². The molecule has 0 unspecified atom stereocenters. The molecule has 1 heterocycles. The summed E-state index contributed by atoms with van der Waals surface area (Å²) in [5, 5.41) is 3.08. The molecule has 0 amide bonds. The molecule has 1 saturated heterocycles. The number of nitrogens with zero attached hydrogens (tertiary/aromatic N) is 2. The van der Waals surface area contributed by atoms with E-state index < -0.39 is 0 Å². The summed E-state index contributed by atoms with van der Waals surface area (Å²) < 4.78 is 5.04. The third kappa shape index (κ3) is 5.68. The van der Waals surface area contributed by atoms with E-state index in [1.54, 1.807) is 7.05 Å². The summed E-state index contributed by atoms with van der Waals surface area (Å²) in [6.45, 7) is 4.34. The monoisotopic (exact) mass is 379 g/mol. The highest BCUT2D eigenvalue weighted by molar-refractivity contribution is 14.0. The minimum atomic E-state index is -0.0799. The van der Waals surface area contributed by atoms with Gasteiger partial charge in [0, 0.05) is 20.1 Å². The maximum absolute atomic E-state index is 11.6. The quantitative estimate of drug-likeness (QED) is 0.262. The van der Waals surface area contributed by atoms with Gasteiger partial charge in [-0.2, -0.15) is 0 Å². The second kappa shape index (κ2) is 9.89.